The summed E-state index contributed by atoms with van der Waals surface area (Å²) in [6, 6.07) is 12.3. The number of carbonyl (C=O) groups is 1. The number of nitrogens with two attached hydrogens (primary N) is 1. The standard InChI is InChI=1S/C21H26N4O4S2/c1-5-24(6-2)31(27,28)17-11-12-19-18(13-17)23-21(30-14(3)20(22)26)25(19)15-7-9-16(29-4)10-8-15/h7-14H,5-6H2,1-4H3,(H2,22,26). The van der Waals surface area contributed by atoms with Crippen molar-refractivity contribution in [2.24, 2.45) is 5.73 Å². The number of hydrogen-bond acceptors (Lipinski definition) is 6. The molecule has 2 aromatic carbocycles. The molecule has 0 radical (unpaired) electrons. The van der Waals surface area contributed by atoms with E-state index in [9.17, 15) is 13.2 Å². The van der Waals surface area contributed by atoms with E-state index in [1.54, 1.807) is 46.1 Å². The van der Waals surface area contributed by atoms with Gasteiger partial charge in [0.05, 0.1) is 28.3 Å². The molecule has 1 aromatic heterocycles. The van der Waals surface area contributed by atoms with Crippen molar-refractivity contribution in [3.8, 4) is 11.4 Å². The van der Waals surface area contributed by atoms with Crippen molar-refractivity contribution in [1.29, 1.82) is 0 Å². The molecule has 1 atom stereocenters. The number of sulfonamides is 1. The van der Waals surface area contributed by atoms with Crippen molar-refractivity contribution < 1.29 is 17.9 Å². The second-order valence-corrected chi connectivity index (χ2v) is 10.1. The van der Waals surface area contributed by atoms with Gasteiger partial charge in [-0.05, 0) is 49.4 Å². The van der Waals surface area contributed by atoms with Gasteiger partial charge in [-0.15, -0.1) is 0 Å². The molecule has 0 saturated carbocycles. The lowest BCUT2D eigenvalue weighted by Crippen LogP contribution is -2.30. The molecule has 0 aliphatic rings. The number of hydrogen-bond donors (Lipinski definition) is 1. The van der Waals surface area contributed by atoms with Crippen LogP contribution in [0.25, 0.3) is 16.7 Å². The van der Waals surface area contributed by atoms with E-state index in [4.69, 9.17) is 10.5 Å². The number of aromatic nitrogens is 2. The number of thioether (sulfide) groups is 1. The van der Waals surface area contributed by atoms with Gasteiger partial charge in [-0.2, -0.15) is 4.31 Å². The minimum absolute atomic E-state index is 0.183. The molecule has 166 valence electrons. The summed E-state index contributed by atoms with van der Waals surface area (Å²) in [7, 11) is -2.03. The van der Waals surface area contributed by atoms with Crippen LogP contribution in [0.3, 0.4) is 0 Å². The Hall–Kier alpha value is -2.56. The Morgan fingerprint density at radius 1 is 1.19 bits per heavy atom. The number of imidazole rings is 1. The van der Waals surface area contributed by atoms with Crippen LogP contribution in [0.4, 0.5) is 0 Å². The predicted molar refractivity (Wildman–Crippen MR) is 122 cm³/mol. The van der Waals surface area contributed by atoms with E-state index in [2.05, 4.69) is 4.98 Å². The lowest BCUT2D eigenvalue weighted by atomic mass is 10.2. The second kappa shape index (κ2) is 9.29. The maximum Gasteiger partial charge on any atom is 0.243 e. The second-order valence-electron chi connectivity index (χ2n) is 6.83. The number of fused-ring (bicyclic) bond motifs is 1. The summed E-state index contributed by atoms with van der Waals surface area (Å²) in [4.78, 5) is 16.5. The van der Waals surface area contributed by atoms with Gasteiger partial charge in [0, 0.05) is 18.8 Å². The number of primary amides is 1. The van der Waals surface area contributed by atoms with Crippen LogP contribution in [-0.4, -0.2) is 53.6 Å². The Labute approximate surface area is 186 Å². The summed E-state index contributed by atoms with van der Waals surface area (Å²) in [5.74, 6) is 0.253. The van der Waals surface area contributed by atoms with Crippen molar-refractivity contribution in [2.75, 3.05) is 20.2 Å². The van der Waals surface area contributed by atoms with Crippen LogP contribution in [0.15, 0.2) is 52.5 Å². The molecule has 0 fully saturated rings. The summed E-state index contributed by atoms with van der Waals surface area (Å²) >= 11 is 1.22. The van der Waals surface area contributed by atoms with E-state index in [0.29, 0.717) is 29.5 Å². The van der Waals surface area contributed by atoms with Crippen molar-refractivity contribution in [3.05, 3.63) is 42.5 Å². The van der Waals surface area contributed by atoms with Gasteiger partial charge < -0.3 is 10.5 Å². The van der Waals surface area contributed by atoms with Crippen molar-refractivity contribution in [2.45, 2.75) is 36.1 Å². The monoisotopic (exact) mass is 462 g/mol. The molecule has 0 spiro atoms. The zero-order chi connectivity index (χ0) is 22.8. The molecule has 1 amide bonds. The van der Waals surface area contributed by atoms with Gasteiger partial charge in [-0.25, -0.2) is 13.4 Å². The van der Waals surface area contributed by atoms with Crippen LogP contribution >= 0.6 is 11.8 Å². The zero-order valence-electron chi connectivity index (χ0n) is 17.9. The van der Waals surface area contributed by atoms with E-state index in [1.165, 1.54) is 16.1 Å². The first-order valence-corrected chi connectivity index (χ1v) is 12.2. The summed E-state index contributed by atoms with van der Waals surface area (Å²) in [5.41, 5.74) is 7.50. The largest absolute Gasteiger partial charge is 0.497 e. The number of ether oxygens (including phenoxy) is 1. The van der Waals surface area contributed by atoms with E-state index in [0.717, 1.165) is 11.2 Å². The van der Waals surface area contributed by atoms with Gasteiger partial charge in [-0.3, -0.25) is 9.36 Å². The molecule has 0 bridgehead atoms. The third-order valence-corrected chi connectivity index (χ3v) is 8.07. The molecule has 8 nitrogen and oxygen atoms in total. The van der Waals surface area contributed by atoms with E-state index >= 15 is 0 Å². The van der Waals surface area contributed by atoms with Gasteiger partial charge in [0.1, 0.15) is 5.75 Å². The highest BCUT2D eigenvalue weighted by Gasteiger charge is 2.24. The first-order valence-electron chi connectivity index (χ1n) is 9.86. The molecule has 3 rings (SSSR count). The quantitative estimate of drug-likeness (QED) is 0.490. The number of nitrogens with zero attached hydrogens (tertiary/aromatic N) is 3. The highest BCUT2D eigenvalue weighted by atomic mass is 32.2. The molecule has 31 heavy (non-hydrogen) atoms. The Bertz CT molecular complexity index is 1190. The highest BCUT2D eigenvalue weighted by Crippen LogP contribution is 2.32. The summed E-state index contributed by atoms with van der Waals surface area (Å²) in [5, 5.41) is 0.0385. The Morgan fingerprint density at radius 3 is 2.39 bits per heavy atom. The molecule has 3 aromatic rings. The normalized spacial score (nSPS) is 12.9. The molecule has 1 unspecified atom stereocenters. The Morgan fingerprint density at radius 2 is 1.84 bits per heavy atom. The van der Waals surface area contributed by atoms with Crippen LogP contribution in [0, 0.1) is 0 Å². The fourth-order valence-corrected chi connectivity index (χ4v) is 5.56. The molecule has 10 heteroatoms. The fraction of sp³-hybridized carbons (Fsp3) is 0.333. The van der Waals surface area contributed by atoms with Crippen LogP contribution < -0.4 is 10.5 Å². The van der Waals surface area contributed by atoms with Crippen molar-refractivity contribution >= 4 is 38.7 Å². The number of rotatable bonds is 9. The van der Waals surface area contributed by atoms with Gasteiger partial charge >= 0.3 is 0 Å². The van der Waals surface area contributed by atoms with Crippen LogP contribution in [0.1, 0.15) is 20.8 Å². The van der Waals surface area contributed by atoms with Crippen molar-refractivity contribution in [1.82, 2.24) is 13.9 Å². The van der Waals surface area contributed by atoms with Crippen molar-refractivity contribution in [3.63, 3.8) is 0 Å². The SMILES string of the molecule is CCN(CC)S(=O)(=O)c1ccc2c(c1)nc(SC(C)C(N)=O)n2-c1ccc(OC)cc1. The predicted octanol–water partition coefficient (Wildman–Crippen LogP) is 3.03. The minimum atomic E-state index is -3.62. The molecule has 1 heterocycles. The summed E-state index contributed by atoms with van der Waals surface area (Å²) in [6.07, 6.45) is 0. The molecule has 0 aliphatic heterocycles. The number of benzene rings is 2. The van der Waals surface area contributed by atoms with Crippen LogP contribution in [0.5, 0.6) is 5.75 Å². The third-order valence-electron chi connectivity index (χ3n) is 4.95. The van der Waals surface area contributed by atoms with E-state index < -0.39 is 21.2 Å². The molecule has 0 saturated heterocycles. The van der Waals surface area contributed by atoms with Crippen LogP contribution in [-0.2, 0) is 14.8 Å². The van der Waals surface area contributed by atoms with Gasteiger partial charge in [0.2, 0.25) is 15.9 Å². The molecular weight excluding hydrogens is 436 g/mol. The molecule has 2 N–H and O–H groups in total. The van der Waals surface area contributed by atoms with Gasteiger partial charge in [0.15, 0.2) is 5.16 Å². The summed E-state index contributed by atoms with van der Waals surface area (Å²) < 4.78 is 34.4. The Kier molecular flexibility index (Phi) is 6.93. The maximum atomic E-state index is 12.9. The third kappa shape index (κ3) is 4.56. The number of methoxy groups -OCH3 is 1. The first-order chi connectivity index (χ1) is 14.7. The first kappa shape index (κ1) is 23.1. The average Bonchev–Trinajstić information content (AvgIpc) is 3.11. The Balaban J connectivity index is 2.18. The van der Waals surface area contributed by atoms with Gasteiger partial charge in [0.25, 0.3) is 0 Å². The number of carbonyl (C=O) groups excluding carboxylic acids is 1. The zero-order valence-corrected chi connectivity index (χ0v) is 19.5. The molecular formula is C21H26N4O4S2. The van der Waals surface area contributed by atoms with E-state index in [1.807, 2.05) is 28.8 Å². The fourth-order valence-electron chi connectivity index (χ4n) is 3.19. The molecule has 0 aliphatic carbocycles. The summed E-state index contributed by atoms with van der Waals surface area (Å²) in [6.45, 7) is 6.08. The van der Waals surface area contributed by atoms with E-state index in [-0.39, 0.29) is 4.90 Å². The average molecular weight is 463 g/mol. The minimum Gasteiger partial charge on any atom is -0.497 e. The maximum absolute atomic E-state index is 12.9. The number of amides is 1. The van der Waals surface area contributed by atoms with Gasteiger partial charge in [-0.1, -0.05) is 25.6 Å². The highest BCUT2D eigenvalue weighted by molar-refractivity contribution is 8.00. The smallest absolute Gasteiger partial charge is 0.243 e. The van der Waals surface area contributed by atoms with Crippen LogP contribution in [0.2, 0.25) is 0 Å². The topological polar surface area (TPSA) is 108 Å². The lowest BCUT2D eigenvalue weighted by molar-refractivity contribution is -0.117. The lowest BCUT2D eigenvalue weighted by Gasteiger charge is -2.18.